The number of aryl methyl sites for hydroxylation is 2. The van der Waals surface area contributed by atoms with Gasteiger partial charge in [0.15, 0.2) is 0 Å². The number of nitriles is 1. The van der Waals surface area contributed by atoms with Gasteiger partial charge in [0.05, 0.1) is 17.9 Å². The molecule has 1 aromatic rings. The molecular weight excluding hydrogens is 210 g/mol. The molecule has 0 amide bonds. The van der Waals surface area contributed by atoms with E-state index in [1.54, 1.807) is 0 Å². The topological polar surface area (TPSA) is 49.6 Å². The molecule has 2 rings (SSSR count). The zero-order valence-corrected chi connectivity index (χ0v) is 9.38. The van der Waals surface area contributed by atoms with E-state index >= 15 is 0 Å². The lowest BCUT2D eigenvalue weighted by atomic mass is 9.87. The summed E-state index contributed by atoms with van der Waals surface area (Å²) in [6.07, 6.45) is 2.57. The van der Waals surface area contributed by atoms with E-state index in [-0.39, 0.29) is 5.92 Å². The van der Waals surface area contributed by atoms with Crippen molar-refractivity contribution in [1.29, 1.82) is 5.26 Å². The van der Waals surface area contributed by atoms with Crippen LogP contribution in [0.1, 0.15) is 29.2 Å². The van der Waals surface area contributed by atoms with Crippen LogP contribution in [0.15, 0.2) is 0 Å². The molecule has 0 N–H and O–H groups in total. The van der Waals surface area contributed by atoms with Crippen molar-refractivity contribution in [2.24, 2.45) is 5.92 Å². The molecule has 0 aromatic carbocycles. The van der Waals surface area contributed by atoms with Crippen molar-refractivity contribution in [2.45, 2.75) is 32.1 Å². The van der Waals surface area contributed by atoms with Crippen molar-refractivity contribution in [3.8, 4) is 6.07 Å². The first-order chi connectivity index (χ1) is 7.24. The fraction of sp³-hybridized carbons (Fsp3) is 0.545. The summed E-state index contributed by atoms with van der Waals surface area (Å²) in [5.74, 6) is 1.18. The second-order valence-corrected chi connectivity index (χ2v) is 4.12. The lowest BCUT2D eigenvalue weighted by Crippen LogP contribution is -2.17. The summed E-state index contributed by atoms with van der Waals surface area (Å²) in [6, 6.07) is 2.32. The Morgan fingerprint density at radius 1 is 1.53 bits per heavy atom. The van der Waals surface area contributed by atoms with E-state index in [1.165, 1.54) is 0 Å². The Balaban J connectivity index is 2.40. The summed E-state index contributed by atoms with van der Waals surface area (Å²) < 4.78 is 0. The zero-order chi connectivity index (χ0) is 10.8. The summed E-state index contributed by atoms with van der Waals surface area (Å²) in [5.41, 5.74) is 3.22. The Bertz CT molecular complexity index is 423. The summed E-state index contributed by atoms with van der Waals surface area (Å²) in [7, 11) is 0. The summed E-state index contributed by atoms with van der Waals surface area (Å²) in [4.78, 5) is 8.73. The fourth-order valence-electron chi connectivity index (χ4n) is 2.02. The lowest BCUT2D eigenvalue weighted by molar-refractivity contribution is 0.546. The minimum atomic E-state index is 0.127. The third kappa shape index (κ3) is 1.95. The molecule has 4 heteroatoms. The quantitative estimate of drug-likeness (QED) is 0.683. The molecule has 0 aliphatic heterocycles. The molecule has 78 valence electrons. The first kappa shape index (κ1) is 10.4. The number of hydrogen-bond donors (Lipinski definition) is 0. The van der Waals surface area contributed by atoms with Gasteiger partial charge in [-0.3, -0.25) is 0 Å². The first-order valence-electron chi connectivity index (χ1n) is 5.05. The highest BCUT2D eigenvalue weighted by Crippen LogP contribution is 2.25. The summed E-state index contributed by atoms with van der Waals surface area (Å²) in [5, 5.41) is 8.90. The van der Waals surface area contributed by atoms with Gasteiger partial charge in [0.1, 0.15) is 5.82 Å². The normalized spacial score (nSPS) is 19.4. The predicted molar refractivity (Wildman–Crippen MR) is 57.5 cm³/mol. The average molecular weight is 222 g/mol. The number of fused-ring (bicyclic) bond motifs is 1. The second-order valence-electron chi connectivity index (χ2n) is 3.85. The monoisotopic (exact) mass is 221 g/mol. The van der Waals surface area contributed by atoms with Gasteiger partial charge in [-0.05, 0) is 31.7 Å². The van der Waals surface area contributed by atoms with Gasteiger partial charge >= 0.3 is 0 Å². The molecule has 1 atom stereocenters. The van der Waals surface area contributed by atoms with Crippen LogP contribution in [0.4, 0.5) is 0 Å². The van der Waals surface area contributed by atoms with E-state index in [2.05, 4.69) is 16.0 Å². The number of rotatable bonds is 1. The molecule has 0 spiro atoms. The molecular formula is C11H12ClN3. The maximum absolute atomic E-state index is 8.90. The number of alkyl halides is 1. The van der Waals surface area contributed by atoms with Crippen LogP contribution in [-0.4, -0.2) is 9.97 Å². The molecule has 15 heavy (non-hydrogen) atoms. The third-order valence-corrected chi connectivity index (χ3v) is 3.07. The van der Waals surface area contributed by atoms with Crippen LogP contribution in [0.3, 0.4) is 0 Å². The Kier molecular flexibility index (Phi) is 2.88. The van der Waals surface area contributed by atoms with E-state index < -0.39 is 0 Å². The zero-order valence-electron chi connectivity index (χ0n) is 8.63. The van der Waals surface area contributed by atoms with Gasteiger partial charge < -0.3 is 0 Å². The molecule has 1 aliphatic carbocycles. The maximum Gasteiger partial charge on any atom is 0.143 e. The highest BCUT2D eigenvalue weighted by molar-refractivity contribution is 6.16. The third-order valence-electron chi connectivity index (χ3n) is 2.83. The van der Waals surface area contributed by atoms with E-state index in [0.717, 1.165) is 36.2 Å². The largest absolute Gasteiger partial charge is 0.237 e. The van der Waals surface area contributed by atoms with Crippen molar-refractivity contribution < 1.29 is 0 Å². The lowest BCUT2D eigenvalue weighted by Gasteiger charge is -2.20. The van der Waals surface area contributed by atoms with E-state index in [9.17, 15) is 0 Å². The summed E-state index contributed by atoms with van der Waals surface area (Å²) in [6.45, 7) is 1.97. The SMILES string of the molecule is Cc1nc(CCl)nc2c1CC(C#N)CC2. The number of nitrogens with zero attached hydrogens (tertiary/aromatic N) is 3. The molecule has 1 aliphatic rings. The van der Waals surface area contributed by atoms with E-state index in [4.69, 9.17) is 16.9 Å². The second kappa shape index (κ2) is 4.16. The first-order valence-corrected chi connectivity index (χ1v) is 5.59. The van der Waals surface area contributed by atoms with Crippen LogP contribution in [0.25, 0.3) is 0 Å². The molecule has 0 saturated carbocycles. The Morgan fingerprint density at radius 2 is 2.33 bits per heavy atom. The number of hydrogen-bond acceptors (Lipinski definition) is 3. The molecule has 1 unspecified atom stereocenters. The average Bonchev–Trinajstić information content (AvgIpc) is 2.28. The van der Waals surface area contributed by atoms with Crippen molar-refractivity contribution in [3.63, 3.8) is 0 Å². The predicted octanol–water partition coefficient (Wildman–Crippen LogP) is 2.15. The van der Waals surface area contributed by atoms with Gasteiger partial charge in [0.2, 0.25) is 0 Å². The number of halogens is 1. The highest BCUT2D eigenvalue weighted by atomic mass is 35.5. The minimum absolute atomic E-state index is 0.127. The van der Waals surface area contributed by atoms with Gasteiger partial charge in [-0.25, -0.2) is 9.97 Å². The van der Waals surface area contributed by atoms with E-state index in [0.29, 0.717) is 11.7 Å². The van der Waals surface area contributed by atoms with Crippen molar-refractivity contribution >= 4 is 11.6 Å². The molecule has 0 bridgehead atoms. The van der Waals surface area contributed by atoms with Gasteiger partial charge in [0.25, 0.3) is 0 Å². The summed E-state index contributed by atoms with van der Waals surface area (Å²) >= 11 is 5.72. The van der Waals surface area contributed by atoms with Gasteiger partial charge in [-0.15, -0.1) is 11.6 Å². The maximum atomic E-state index is 8.90. The highest BCUT2D eigenvalue weighted by Gasteiger charge is 2.22. The van der Waals surface area contributed by atoms with Crippen LogP contribution >= 0.6 is 11.6 Å². The van der Waals surface area contributed by atoms with Crippen LogP contribution < -0.4 is 0 Å². The smallest absolute Gasteiger partial charge is 0.143 e. The molecule has 0 fully saturated rings. The van der Waals surface area contributed by atoms with Crippen molar-refractivity contribution in [1.82, 2.24) is 9.97 Å². The van der Waals surface area contributed by atoms with Crippen LogP contribution in [0, 0.1) is 24.2 Å². The number of aromatic nitrogens is 2. The Labute approximate surface area is 94.1 Å². The standard InChI is InChI=1S/C11H12ClN3/c1-7-9-4-8(6-13)2-3-10(9)15-11(5-12)14-7/h8H,2-5H2,1H3. The molecule has 1 heterocycles. The molecule has 1 aromatic heterocycles. The van der Waals surface area contributed by atoms with Crippen LogP contribution in [0.5, 0.6) is 0 Å². The molecule has 0 radical (unpaired) electrons. The Hall–Kier alpha value is -1.14. The van der Waals surface area contributed by atoms with Crippen LogP contribution in [0.2, 0.25) is 0 Å². The van der Waals surface area contributed by atoms with Gasteiger partial charge in [0, 0.05) is 11.4 Å². The molecule has 0 saturated heterocycles. The van der Waals surface area contributed by atoms with Crippen LogP contribution in [-0.2, 0) is 18.7 Å². The molecule has 3 nitrogen and oxygen atoms in total. The Morgan fingerprint density at radius 3 is 3.00 bits per heavy atom. The van der Waals surface area contributed by atoms with E-state index in [1.807, 2.05) is 6.92 Å². The van der Waals surface area contributed by atoms with Gasteiger partial charge in [-0.2, -0.15) is 5.26 Å². The van der Waals surface area contributed by atoms with Crippen molar-refractivity contribution in [3.05, 3.63) is 22.8 Å². The fourth-order valence-corrected chi connectivity index (χ4v) is 2.14. The minimum Gasteiger partial charge on any atom is -0.237 e. The van der Waals surface area contributed by atoms with Crippen molar-refractivity contribution in [2.75, 3.05) is 0 Å². The van der Waals surface area contributed by atoms with Gasteiger partial charge in [-0.1, -0.05) is 0 Å².